The Labute approximate surface area is 183 Å². The highest BCUT2D eigenvalue weighted by molar-refractivity contribution is 7.14. The first-order valence-electron chi connectivity index (χ1n) is 10.5. The molecule has 1 aliphatic carbocycles. The number of aliphatic imine (C=N–C) groups is 1. The summed E-state index contributed by atoms with van der Waals surface area (Å²) in [6.45, 7) is 3.68. The summed E-state index contributed by atoms with van der Waals surface area (Å²) in [5.74, 6) is 2.56. The zero-order chi connectivity index (χ0) is 19.9. The number of aromatic nitrogens is 3. The van der Waals surface area contributed by atoms with Crippen LogP contribution in [0.15, 0.2) is 28.6 Å². The first-order chi connectivity index (χ1) is 14.8. The number of nitrogens with one attached hydrogen (secondary N) is 2. The van der Waals surface area contributed by atoms with Gasteiger partial charge in [0.1, 0.15) is 11.5 Å². The minimum absolute atomic E-state index is 0.734. The molecule has 0 radical (unpaired) electrons. The SMILES string of the molecule is c1cc(-c2csc(NC3=NCCCN3)n2)nc(N2CCc3nc(C4CC4)sc3C2)c1. The summed E-state index contributed by atoms with van der Waals surface area (Å²) < 4.78 is 0. The molecule has 2 aliphatic heterocycles. The molecule has 0 atom stereocenters. The molecular weight excluding hydrogens is 414 g/mol. The van der Waals surface area contributed by atoms with Gasteiger partial charge in [0.15, 0.2) is 11.1 Å². The van der Waals surface area contributed by atoms with E-state index in [2.05, 4.69) is 38.0 Å². The summed E-state index contributed by atoms with van der Waals surface area (Å²) in [7, 11) is 0. The highest BCUT2D eigenvalue weighted by atomic mass is 32.1. The van der Waals surface area contributed by atoms with Crippen LogP contribution in [0.2, 0.25) is 0 Å². The van der Waals surface area contributed by atoms with Crippen LogP contribution in [0.5, 0.6) is 0 Å². The van der Waals surface area contributed by atoms with Gasteiger partial charge in [0, 0.05) is 42.2 Å². The molecule has 0 unspecified atom stereocenters. The Hall–Kier alpha value is -2.52. The van der Waals surface area contributed by atoms with E-state index in [4.69, 9.17) is 15.0 Å². The Morgan fingerprint density at radius 1 is 1.13 bits per heavy atom. The zero-order valence-electron chi connectivity index (χ0n) is 16.6. The van der Waals surface area contributed by atoms with Crippen LogP contribution in [0, 0.1) is 0 Å². The summed E-state index contributed by atoms with van der Waals surface area (Å²) in [5.41, 5.74) is 3.11. The van der Waals surface area contributed by atoms with E-state index >= 15 is 0 Å². The highest BCUT2D eigenvalue weighted by Gasteiger charge is 2.30. The first-order valence-corrected chi connectivity index (χ1v) is 12.2. The smallest absolute Gasteiger partial charge is 0.197 e. The number of nitrogens with zero attached hydrogens (tertiary/aromatic N) is 5. The molecule has 1 saturated carbocycles. The van der Waals surface area contributed by atoms with Gasteiger partial charge >= 0.3 is 0 Å². The van der Waals surface area contributed by atoms with Gasteiger partial charge in [0.2, 0.25) is 0 Å². The van der Waals surface area contributed by atoms with Crippen molar-refractivity contribution >= 4 is 39.6 Å². The summed E-state index contributed by atoms with van der Waals surface area (Å²) in [6.07, 6.45) is 4.71. The summed E-state index contributed by atoms with van der Waals surface area (Å²) in [5, 5.41) is 10.8. The quantitative estimate of drug-likeness (QED) is 0.645. The molecule has 6 rings (SSSR count). The standard InChI is InChI=1S/C21H23N7S2/c1-3-14(16-12-29-21(26-16)27-20-22-8-2-9-23-20)24-18(4-1)28-10-7-15-17(11-28)30-19(25-15)13-5-6-13/h1,3-4,12-13H,2,5-11H2,(H2,22,23,26,27). The second-order valence-electron chi connectivity index (χ2n) is 7.92. The number of guanidine groups is 1. The van der Waals surface area contributed by atoms with Crippen LogP contribution in [0.4, 0.5) is 10.9 Å². The number of hydrogen-bond acceptors (Lipinski definition) is 9. The van der Waals surface area contributed by atoms with Crippen LogP contribution in [0.1, 0.15) is 40.8 Å². The van der Waals surface area contributed by atoms with E-state index in [-0.39, 0.29) is 0 Å². The zero-order valence-corrected chi connectivity index (χ0v) is 18.2. The van der Waals surface area contributed by atoms with E-state index in [9.17, 15) is 0 Å². The van der Waals surface area contributed by atoms with Crippen molar-refractivity contribution in [2.24, 2.45) is 4.99 Å². The maximum absolute atomic E-state index is 4.93. The molecule has 0 saturated heterocycles. The molecular formula is C21H23N7S2. The average molecular weight is 438 g/mol. The number of thiazole rings is 2. The van der Waals surface area contributed by atoms with E-state index in [0.29, 0.717) is 0 Å². The summed E-state index contributed by atoms with van der Waals surface area (Å²) in [4.78, 5) is 22.8. The third kappa shape index (κ3) is 3.67. The van der Waals surface area contributed by atoms with Gasteiger partial charge < -0.3 is 15.5 Å². The molecule has 0 amide bonds. The van der Waals surface area contributed by atoms with Gasteiger partial charge in [-0.3, -0.25) is 4.99 Å². The normalized spacial score (nSPS) is 18.5. The van der Waals surface area contributed by atoms with Crippen LogP contribution >= 0.6 is 22.7 Å². The molecule has 30 heavy (non-hydrogen) atoms. The van der Waals surface area contributed by atoms with Crippen molar-refractivity contribution in [3.05, 3.63) is 39.2 Å². The number of hydrogen-bond donors (Lipinski definition) is 2. The average Bonchev–Trinajstić information content (AvgIpc) is 3.39. The molecule has 2 N–H and O–H groups in total. The fourth-order valence-electron chi connectivity index (χ4n) is 3.82. The second kappa shape index (κ2) is 7.63. The maximum atomic E-state index is 4.93. The molecule has 1 fully saturated rings. The fraction of sp³-hybridized carbons (Fsp3) is 0.429. The predicted octanol–water partition coefficient (Wildman–Crippen LogP) is 3.86. The van der Waals surface area contributed by atoms with Gasteiger partial charge in [-0.1, -0.05) is 6.07 Å². The number of pyridine rings is 1. The molecule has 0 spiro atoms. The van der Waals surface area contributed by atoms with Crippen molar-refractivity contribution < 1.29 is 0 Å². The molecule has 3 aromatic rings. The molecule has 154 valence electrons. The van der Waals surface area contributed by atoms with Crippen molar-refractivity contribution in [2.75, 3.05) is 29.9 Å². The van der Waals surface area contributed by atoms with Gasteiger partial charge in [0.25, 0.3) is 0 Å². The molecule has 0 bridgehead atoms. The lowest BCUT2D eigenvalue weighted by atomic mass is 10.1. The van der Waals surface area contributed by atoms with Crippen molar-refractivity contribution in [3.63, 3.8) is 0 Å². The topological polar surface area (TPSA) is 78.3 Å². The molecule has 3 aromatic heterocycles. The Bertz CT molecular complexity index is 1100. The lowest BCUT2D eigenvalue weighted by Crippen LogP contribution is -2.35. The number of rotatable bonds is 4. The van der Waals surface area contributed by atoms with Crippen molar-refractivity contribution in [1.29, 1.82) is 0 Å². The van der Waals surface area contributed by atoms with E-state index in [1.807, 2.05) is 17.4 Å². The van der Waals surface area contributed by atoms with Crippen LogP contribution in [0.3, 0.4) is 0 Å². The Morgan fingerprint density at radius 2 is 2.10 bits per heavy atom. The van der Waals surface area contributed by atoms with Crippen molar-refractivity contribution in [3.8, 4) is 11.4 Å². The van der Waals surface area contributed by atoms with Gasteiger partial charge in [-0.25, -0.2) is 15.0 Å². The third-order valence-electron chi connectivity index (χ3n) is 5.62. The van der Waals surface area contributed by atoms with Crippen LogP contribution < -0.4 is 15.5 Å². The van der Waals surface area contributed by atoms with Crippen LogP contribution in [-0.2, 0) is 13.0 Å². The minimum Gasteiger partial charge on any atom is -0.356 e. The lowest BCUT2D eigenvalue weighted by Gasteiger charge is -2.27. The fourth-order valence-corrected chi connectivity index (χ4v) is 5.82. The monoisotopic (exact) mass is 437 g/mol. The minimum atomic E-state index is 0.734. The van der Waals surface area contributed by atoms with E-state index in [0.717, 1.165) is 73.2 Å². The maximum Gasteiger partial charge on any atom is 0.197 e. The largest absolute Gasteiger partial charge is 0.356 e. The Balaban J connectivity index is 1.19. The summed E-state index contributed by atoms with van der Waals surface area (Å²) in [6, 6.07) is 6.21. The van der Waals surface area contributed by atoms with E-state index in [1.165, 1.54) is 28.4 Å². The molecule has 0 aromatic carbocycles. The Morgan fingerprint density at radius 3 is 2.97 bits per heavy atom. The van der Waals surface area contributed by atoms with Crippen LogP contribution in [-0.4, -0.2) is 40.5 Å². The molecule has 3 aliphatic rings. The van der Waals surface area contributed by atoms with Gasteiger partial charge in [-0.15, -0.1) is 22.7 Å². The Kier molecular flexibility index (Phi) is 4.64. The van der Waals surface area contributed by atoms with Gasteiger partial charge in [-0.05, 0) is 31.4 Å². The van der Waals surface area contributed by atoms with Crippen LogP contribution in [0.25, 0.3) is 11.4 Å². The third-order valence-corrected chi connectivity index (χ3v) is 7.62. The van der Waals surface area contributed by atoms with Gasteiger partial charge in [-0.2, -0.15) is 0 Å². The number of fused-ring (bicyclic) bond motifs is 1. The van der Waals surface area contributed by atoms with Crippen molar-refractivity contribution in [2.45, 2.75) is 38.1 Å². The molecule has 9 heteroatoms. The van der Waals surface area contributed by atoms with E-state index < -0.39 is 0 Å². The predicted molar refractivity (Wildman–Crippen MR) is 123 cm³/mol. The lowest BCUT2D eigenvalue weighted by molar-refractivity contribution is 0.717. The first kappa shape index (κ1) is 18.3. The number of anilines is 2. The second-order valence-corrected chi connectivity index (χ2v) is 9.90. The molecule has 7 nitrogen and oxygen atoms in total. The van der Waals surface area contributed by atoms with E-state index in [1.54, 1.807) is 11.3 Å². The molecule has 5 heterocycles. The highest BCUT2D eigenvalue weighted by Crippen LogP contribution is 2.43. The van der Waals surface area contributed by atoms with Crippen molar-refractivity contribution in [1.82, 2.24) is 20.3 Å². The summed E-state index contributed by atoms with van der Waals surface area (Å²) >= 11 is 3.49. The van der Waals surface area contributed by atoms with Gasteiger partial charge in [0.05, 0.1) is 22.9 Å².